The molecular formula is C20H24N3O4+. The predicted molar refractivity (Wildman–Crippen MR) is 102 cm³/mol. The second-order valence-electron chi connectivity index (χ2n) is 6.72. The van der Waals surface area contributed by atoms with Gasteiger partial charge in [0.2, 0.25) is 6.79 Å². The summed E-state index contributed by atoms with van der Waals surface area (Å²) in [7, 11) is 1.82. The van der Waals surface area contributed by atoms with E-state index in [0.29, 0.717) is 17.2 Å². The van der Waals surface area contributed by atoms with Crippen molar-refractivity contribution in [3.63, 3.8) is 0 Å². The number of hydrogen-bond donors (Lipinski definition) is 3. The Hall–Kier alpha value is -3.06. The largest absolute Gasteiger partial charge is 0.454 e. The molecule has 2 aromatic carbocycles. The molecule has 1 unspecified atom stereocenters. The third-order valence-corrected chi connectivity index (χ3v) is 4.55. The van der Waals surface area contributed by atoms with Crippen molar-refractivity contribution >= 4 is 23.2 Å². The summed E-state index contributed by atoms with van der Waals surface area (Å²) in [5.74, 6) is 0.962. The van der Waals surface area contributed by atoms with E-state index >= 15 is 0 Å². The molecule has 0 aromatic heterocycles. The minimum atomic E-state index is -0.404. The van der Waals surface area contributed by atoms with Gasteiger partial charge in [0.1, 0.15) is 0 Å². The molecule has 0 spiro atoms. The van der Waals surface area contributed by atoms with E-state index < -0.39 is 6.04 Å². The van der Waals surface area contributed by atoms with E-state index in [1.165, 1.54) is 0 Å². The van der Waals surface area contributed by atoms with Gasteiger partial charge in [-0.2, -0.15) is 0 Å². The van der Waals surface area contributed by atoms with Crippen LogP contribution in [0.3, 0.4) is 0 Å². The minimum Gasteiger partial charge on any atom is -0.454 e. The van der Waals surface area contributed by atoms with Gasteiger partial charge in [0.05, 0.1) is 7.05 Å². The Bertz CT molecular complexity index is 836. The molecule has 0 aliphatic carbocycles. The van der Waals surface area contributed by atoms with Crippen LogP contribution in [-0.4, -0.2) is 38.2 Å². The number of rotatable bonds is 6. The van der Waals surface area contributed by atoms with Crippen LogP contribution in [0.1, 0.15) is 12.5 Å². The molecule has 2 aromatic rings. The molecule has 2 atom stereocenters. The fourth-order valence-electron chi connectivity index (χ4n) is 2.70. The van der Waals surface area contributed by atoms with Crippen LogP contribution >= 0.6 is 0 Å². The van der Waals surface area contributed by atoms with Crippen molar-refractivity contribution < 1.29 is 24.0 Å². The SMILES string of the molecule is Cc1ccc(NC(=O)C[NH+](C)[C@H](C)C(=O)Nc2ccc3c(c2)OCO3)cc1. The maximum atomic E-state index is 12.5. The van der Waals surface area contributed by atoms with Crippen molar-refractivity contribution in [1.29, 1.82) is 0 Å². The van der Waals surface area contributed by atoms with Gasteiger partial charge in [0, 0.05) is 17.4 Å². The fraction of sp³-hybridized carbons (Fsp3) is 0.300. The summed E-state index contributed by atoms with van der Waals surface area (Å²) in [6, 6.07) is 12.4. The Morgan fingerprint density at radius 2 is 1.70 bits per heavy atom. The number of carbonyl (C=O) groups is 2. The zero-order valence-electron chi connectivity index (χ0n) is 15.7. The van der Waals surface area contributed by atoms with Crippen molar-refractivity contribution in [3.05, 3.63) is 48.0 Å². The van der Waals surface area contributed by atoms with Crippen molar-refractivity contribution in [3.8, 4) is 11.5 Å². The molecule has 7 nitrogen and oxygen atoms in total. The van der Waals surface area contributed by atoms with E-state index in [-0.39, 0.29) is 25.2 Å². The average molecular weight is 370 g/mol. The van der Waals surface area contributed by atoms with E-state index in [1.54, 1.807) is 25.1 Å². The van der Waals surface area contributed by atoms with Gasteiger partial charge in [-0.15, -0.1) is 0 Å². The smallest absolute Gasteiger partial charge is 0.282 e. The topological polar surface area (TPSA) is 81.1 Å². The van der Waals surface area contributed by atoms with Gasteiger partial charge in [-0.3, -0.25) is 9.59 Å². The van der Waals surface area contributed by atoms with Crippen LogP contribution in [0, 0.1) is 6.92 Å². The van der Waals surface area contributed by atoms with Crippen molar-refractivity contribution in [2.45, 2.75) is 19.9 Å². The van der Waals surface area contributed by atoms with E-state index in [1.807, 2.05) is 38.2 Å². The molecule has 0 bridgehead atoms. The summed E-state index contributed by atoms with van der Waals surface area (Å²) in [5.41, 5.74) is 2.51. The number of amides is 2. The number of ether oxygens (including phenoxy) is 2. The molecule has 7 heteroatoms. The van der Waals surface area contributed by atoms with Gasteiger partial charge in [0.15, 0.2) is 24.1 Å². The summed E-state index contributed by atoms with van der Waals surface area (Å²) in [4.78, 5) is 25.5. The summed E-state index contributed by atoms with van der Waals surface area (Å²) < 4.78 is 10.6. The van der Waals surface area contributed by atoms with Gasteiger partial charge < -0.3 is 25.0 Å². The molecular weight excluding hydrogens is 346 g/mol. The lowest BCUT2D eigenvalue weighted by Crippen LogP contribution is -3.14. The van der Waals surface area contributed by atoms with Crippen LogP contribution in [-0.2, 0) is 9.59 Å². The third-order valence-electron chi connectivity index (χ3n) is 4.55. The number of hydrogen-bond acceptors (Lipinski definition) is 4. The Morgan fingerprint density at radius 3 is 2.44 bits per heavy atom. The zero-order chi connectivity index (χ0) is 19.4. The van der Waals surface area contributed by atoms with E-state index in [0.717, 1.165) is 16.2 Å². The van der Waals surface area contributed by atoms with Crippen LogP contribution < -0.4 is 25.0 Å². The maximum absolute atomic E-state index is 12.5. The van der Waals surface area contributed by atoms with Gasteiger partial charge in [0.25, 0.3) is 11.8 Å². The molecule has 0 saturated heterocycles. The molecule has 3 rings (SSSR count). The number of quaternary nitrogens is 1. The van der Waals surface area contributed by atoms with Gasteiger partial charge in [-0.25, -0.2) is 0 Å². The van der Waals surface area contributed by atoms with Gasteiger partial charge >= 0.3 is 0 Å². The standard InChI is InChI=1S/C20H23N3O4/c1-13-4-6-15(7-5-13)21-19(24)11-23(3)14(2)20(25)22-16-8-9-17-18(10-16)27-12-26-17/h4-10,14H,11-12H2,1-3H3,(H,21,24)(H,22,25)/p+1/t14-/m1/s1. The lowest BCUT2D eigenvalue weighted by Gasteiger charge is -2.20. The second kappa shape index (κ2) is 8.09. The first-order valence-corrected chi connectivity index (χ1v) is 8.82. The summed E-state index contributed by atoms with van der Waals surface area (Å²) in [6.45, 7) is 4.15. The highest BCUT2D eigenvalue weighted by Crippen LogP contribution is 2.34. The van der Waals surface area contributed by atoms with Crippen LogP contribution in [0.15, 0.2) is 42.5 Å². The molecule has 2 amide bonds. The highest BCUT2D eigenvalue weighted by molar-refractivity contribution is 5.94. The number of nitrogens with one attached hydrogen (secondary N) is 3. The number of fused-ring (bicyclic) bond motifs is 1. The van der Waals surface area contributed by atoms with E-state index in [2.05, 4.69) is 10.6 Å². The first-order valence-electron chi connectivity index (χ1n) is 8.82. The maximum Gasteiger partial charge on any atom is 0.282 e. The fourth-order valence-corrected chi connectivity index (χ4v) is 2.70. The van der Waals surface area contributed by atoms with E-state index in [9.17, 15) is 9.59 Å². The number of anilines is 2. The number of likely N-dealkylation sites (N-methyl/N-ethyl adjacent to an activating group) is 1. The average Bonchev–Trinajstić information content (AvgIpc) is 3.10. The van der Waals surface area contributed by atoms with Crippen LogP contribution in [0.5, 0.6) is 11.5 Å². The quantitative estimate of drug-likeness (QED) is 0.714. The first-order chi connectivity index (χ1) is 12.9. The van der Waals surface area contributed by atoms with Crippen LogP contribution in [0.2, 0.25) is 0 Å². The zero-order valence-corrected chi connectivity index (χ0v) is 15.7. The molecule has 142 valence electrons. The summed E-state index contributed by atoms with van der Waals surface area (Å²) >= 11 is 0. The minimum absolute atomic E-state index is 0.140. The van der Waals surface area contributed by atoms with Crippen molar-refractivity contribution in [2.75, 3.05) is 31.0 Å². The first kappa shape index (κ1) is 18.7. The Balaban J connectivity index is 1.52. The highest BCUT2D eigenvalue weighted by Gasteiger charge is 2.24. The molecule has 1 heterocycles. The molecule has 27 heavy (non-hydrogen) atoms. The lowest BCUT2D eigenvalue weighted by atomic mass is 10.2. The molecule has 0 saturated carbocycles. The number of carbonyl (C=O) groups excluding carboxylic acids is 2. The Morgan fingerprint density at radius 1 is 1.04 bits per heavy atom. The monoisotopic (exact) mass is 370 g/mol. The highest BCUT2D eigenvalue weighted by atomic mass is 16.7. The van der Waals surface area contributed by atoms with Crippen LogP contribution in [0.4, 0.5) is 11.4 Å². The van der Waals surface area contributed by atoms with Crippen LogP contribution in [0.25, 0.3) is 0 Å². The molecule has 1 aliphatic rings. The Kier molecular flexibility index (Phi) is 5.61. The number of aryl methyl sites for hydroxylation is 1. The summed E-state index contributed by atoms with van der Waals surface area (Å²) in [6.07, 6.45) is 0. The summed E-state index contributed by atoms with van der Waals surface area (Å²) in [5, 5.41) is 5.70. The normalized spacial score (nSPS) is 14.3. The van der Waals surface area contributed by atoms with Gasteiger partial charge in [-0.05, 0) is 38.1 Å². The van der Waals surface area contributed by atoms with Crippen molar-refractivity contribution in [2.24, 2.45) is 0 Å². The molecule has 0 fully saturated rings. The Labute approximate surface area is 158 Å². The van der Waals surface area contributed by atoms with Gasteiger partial charge in [-0.1, -0.05) is 17.7 Å². The predicted octanol–water partition coefficient (Wildman–Crippen LogP) is 1.20. The number of benzene rings is 2. The molecule has 0 radical (unpaired) electrons. The molecule has 3 N–H and O–H groups in total. The van der Waals surface area contributed by atoms with E-state index in [4.69, 9.17) is 9.47 Å². The van der Waals surface area contributed by atoms with Crippen molar-refractivity contribution in [1.82, 2.24) is 0 Å². The third kappa shape index (κ3) is 4.77. The lowest BCUT2D eigenvalue weighted by molar-refractivity contribution is -0.885. The molecule has 1 aliphatic heterocycles. The second-order valence-corrected chi connectivity index (χ2v) is 6.72.